The monoisotopic (exact) mass is 334 g/mol. The van der Waals surface area contributed by atoms with E-state index in [0.29, 0.717) is 0 Å². The van der Waals surface area contributed by atoms with Crippen LogP contribution >= 0.6 is 0 Å². The first-order valence-corrected chi connectivity index (χ1v) is 7.78. The first-order chi connectivity index (χ1) is 12.1. The number of phenols is 1. The van der Waals surface area contributed by atoms with E-state index in [0.717, 1.165) is 27.6 Å². The highest BCUT2D eigenvalue weighted by Gasteiger charge is 2.11. The quantitative estimate of drug-likeness (QED) is 0.565. The van der Waals surface area contributed by atoms with Gasteiger partial charge in [0.25, 0.3) is 5.91 Å². The largest absolute Gasteiger partial charge is 0.507 e. The maximum Gasteiger partial charge on any atom is 0.275 e. The molecule has 3 aromatic carbocycles. The minimum absolute atomic E-state index is 0.0802. The van der Waals surface area contributed by atoms with Crippen molar-refractivity contribution in [2.45, 2.75) is 6.92 Å². The summed E-state index contributed by atoms with van der Waals surface area (Å²) in [6, 6.07) is 16.3. The molecule has 0 aliphatic heterocycles. The van der Waals surface area contributed by atoms with Gasteiger partial charge in [-0.2, -0.15) is 5.10 Å². The molecule has 0 unspecified atom stereocenters. The van der Waals surface area contributed by atoms with Crippen molar-refractivity contribution in [2.75, 3.05) is 7.11 Å². The van der Waals surface area contributed by atoms with E-state index in [9.17, 15) is 9.90 Å². The van der Waals surface area contributed by atoms with E-state index in [1.807, 2.05) is 49.4 Å². The fourth-order valence-electron chi connectivity index (χ4n) is 2.55. The van der Waals surface area contributed by atoms with Crippen LogP contribution < -0.4 is 10.2 Å². The average Bonchev–Trinajstić information content (AvgIpc) is 2.62. The highest BCUT2D eigenvalue weighted by Crippen LogP contribution is 2.24. The summed E-state index contributed by atoms with van der Waals surface area (Å²) in [5, 5.41) is 15.8. The molecule has 0 spiro atoms. The molecule has 0 aliphatic rings. The number of hydrogen-bond donors (Lipinski definition) is 2. The van der Waals surface area contributed by atoms with Crippen LogP contribution in [0.4, 0.5) is 0 Å². The van der Waals surface area contributed by atoms with Gasteiger partial charge in [-0.1, -0.05) is 36.4 Å². The molecule has 0 saturated carbocycles. The number of methoxy groups -OCH3 is 1. The van der Waals surface area contributed by atoms with Gasteiger partial charge in [0.2, 0.25) is 0 Å². The molecule has 0 fully saturated rings. The van der Waals surface area contributed by atoms with Crippen molar-refractivity contribution in [1.82, 2.24) is 5.43 Å². The highest BCUT2D eigenvalue weighted by molar-refractivity contribution is 6.01. The molecule has 3 rings (SSSR count). The maximum absolute atomic E-state index is 12.3. The van der Waals surface area contributed by atoms with Crippen molar-refractivity contribution in [3.8, 4) is 11.5 Å². The van der Waals surface area contributed by atoms with Gasteiger partial charge in [-0.3, -0.25) is 4.79 Å². The zero-order valence-electron chi connectivity index (χ0n) is 14.0. The standard InChI is InChI=1S/C20H18N2O3/c1-13-7-8-14(9-19(13)25-2)12-21-22-20(24)17-10-15-5-3-4-6-16(15)11-18(17)23/h3-12,23H,1-2H3,(H,22,24)/b21-12-. The van der Waals surface area contributed by atoms with Crippen LogP contribution in [0.15, 0.2) is 59.7 Å². The van der Waals surface area contributed by atoms with E-state index >= 15 is 0 Å². The predicted octanol–water partition coefficient (Wildman–Crippen LogP) is 3.63. The number of aryl methyl sites for hydroxylation is 1. The number of phenolic OH excluding ortho intramolecular Hbond substituents is 1. The summed E-state index contributed by atoms with van der Waals surface area (Å²) in [7, 11) is 1.60. The third-order valence-corrected chi connectivity index (χ3v) is 3.92. The average molecular weight is 334 g/mol. The number of nitrogens with one attached hydrogen (secondary N) is 1. The summed E-state index contributed by atoms with van der Waals surface area (Å²) in [5.74, 6) is 0.199. The van der Waals surface area contributed by atoms with Gasteiger partial charge in [-0.25, -0.2) is 5.43 Å². The molecule has 0 bridgehead atoms. The van der Waals surface area contributed by atoms with Crippen molar-refractivity contribution in [1.29, 1.82) is 0 Å². The third kappa shape index (κ3) is 3.61. The zero-order chi connectivity index (χ0) is 17.8. The summed E-state index contributed by atoms with van der Waals surface area (Å²) in [6.07, 6.45) is 1.53. The molecule has 0 aromatic heterocycles. The van der Waals surface area contributed by atoms with Crippen LogP contribution in [-0.4, -0.2) is 24.3 Å². The lowest BCUT2D eigenvalue weighted by atomic mass is 10.1. The van der Waals surface area contributed by atoms with Crippen LogP contribution in [0.25, 0.3) is 10.8 Å². The number of carbonyl (C=O) groups is 1. The first kappa shape index (κ1) is 16.5. The lowest BCUT2D eigenvalue weighted by molar-refractivity contribution is 0.0952. The van der Waals surface area contributed by atoms with Gasteiger partial charge in [0.1, 0.15) is 11.5 Å². The molecular formula is C20H18N2O3. The molecule has 0 radical (unpaired) electrons. The predicted molar refractivity (Wildman–Crippen MR) is 98.4 cm³/mol. The number of rotatable bonds is 4. The zero-order valence-corrected chi connectivity index (χ0v) is 14.0. The Morgan fingerprint density at radius 2 is 1.84 bits per heavy atom. The number of fused-ring (bicyclic) bond motifs is 1. The number of ether oxygens (including phenoxy) is 1. The van der Waals surface area contributed by atoms with Crippen LogP contribution in [0, 0.1) is 6.92 Å². The first-order valence-electron chi connectivity index (χ1n) is 7.78. The number of hydrazone groups is 1. The Hall–Kier alpha value is -3.34. The van der Waals surface area contributed by atoms with Crippen molar-refractivity contribution in [3.05, 3.63) is 71.3 Å². The van der Waals surface area contributed by atoms with E-state index in [-0.39, 0.29) is 11.3 Å². The van der Waals surface area contributed by atoms with E-state index in [1.165, 1.54) is 6.21 Å². The maximum atomic E-state index is 12.3. The number of amides is 1. The second-order valence-corrected chi connectivity index (χ2v) is 5.64. The fraction of sp³-hybridized carbons (Fsp3) is 0.100. The van der Waals surface area contributed by atoms with Gasteiger partial charge < -0.3 is 9.84 Å². The molecule has 0 atom stereocenters. The minimum atomic E-state index is -0.474. The Labute approximate surface area is 145 Å². The number of aromatic hydroxyl groups is 1. The van der Waals surface area contributed by atoms with Crippen molar-refractivity contribution in [2.24, 2.45) is 5.10 Å². The smallest absolute Gasteiger partial charge is 0.275 e. The Morgan fingerprint density at radius 1 is 1.12 bits per heavy atom. The normalized spacial score (nSPS) is 11.0. The number of carbonyl (C=O) groups excluding carboxylic acids is 1. The van der Waals surface area contributed by atoms with Crippen LogP contribution in [0.3, 0.4) is 0 Å². The summed E-state index contributed by atoms with van der Waals surface area (Å²) in [5.41, 5.74) is 4.43. The molecule has 5 nitrogen and oxygen atoms in total. The topological polar surface area (TPSA) is 70.9 Å². The second-order valence-electron chi connectivity index (χ2n) is 5.64. The Balaban J connectivity index is 1.77. The molecule has 5 heteroatoms. The van der Waals surface area contributed by atoms with Crippen LogP contribution in [0.1, 0.15) is 21.5 Å². The molecule has 3 aromatic rings. The summed E-state index contributed by atoms with van der Waals surface area (Å²) in [6.45, 7) is 1.95. The molecule has 0 saturated heterocycles. The van der Waals surface area contributed by atoms with Gasteiger partial charge >= 0.3 is 0 Å². The third-order valence-electron chi connectivity index (χ3n) is 3.92. The second kappa shape index (κ2) is 7.05. The molecule has 0 aliphatic carbocycles. The van der Waals surface area contributed by atoms with E-state index in [1.54, 1.807) is 19.2 Å². The van der Waals surface area contributed by atoms with Gasteiger partial charge in [0.15, 0.2) is 0 Å². The van der Waals surface area contributed by atoms with Gasteiger partial charge in [0, 0.05) is 0 Å². The van der Waals surface area contributed by atoms with Crippen molar-refractivity contribution in [3.63, 3.8) is 0 Å². The number of hydrogen-bond acceptors (Lipinski definition) is 4. The van der Waals surface area contributed by atoms with Gasteiger partial charge in [0.05, 0.1) is 18.9 Å². The Morgan fingerprint density at radius 3 is 2.56 bits per heavy atom. The Kier molecular flexibility index (Phi) is 4.66. The summed E-state index contributed by atoms with van der Waals surface area (Å²) < 4.78 is 5.26. The van der Waals surface area contributed by atoms with Gasteiger partial charge in [-0.15, -0.1) is 0 Å². The molecular weight excluding hydrogens is 316 g/mol. The minimum Gasteiger partial charge on any atom is -0.507 e. The van der Waals surface area contributed by atoms with E-state index in [2.05, 4.69) is 10.5 Å². The van der Waals surface area contributed by atoms with Crippen molar-refractivity contribution < 1.29 is 14.6 Å². The van der Waals surface area contributed by atoms with Crippen LogP contribution in [0.2, 0.25) is 0 Å². The van der Waals surface area contributed by atoms with Gasteiger partial charge in [-0.05, 0) is 47.0 Å². The lowest BCUT2D eigenvalue weighted by Crippen LogP contribution is -2.17. The molecule has 25 heavy (non-hydrogen) atoms. The van der Waals surface area contributed by atoms with E-state index < -0.39 is 5.91 Å². The number of nitrogens with zero attached hydrogens (tertiary/aromatic N) is 1. The molecule has 0 heterocycles. The summed E-state index contributed by atoms with van der Waals surface area (Å²) in [4.78, 5) is 12.3. The highest BCUT2D eigenvalue weighted by atomic mass is 16.5. The van der Waals surface area contributed by atoms with Crippen LogP contribution in [0.5, 0.6) is 11.5 Å². The molecule has 2 N–H and O–H groups in total. The lowest BCUT2D eigenvalue weighted by Gasteiger charge is -2.06. The molecule has 1 amide bonds. The van der Waals surface area contributed by atoms with Crippen molar-refractivity contribution >= 4 is 22.9 Å². The number of benzene rings is 3. The van der Waals surface area contributed by atoms with E-state index in [4.69, 9.17) is 4.74 Å². The fourth-order valence-corrected chi connectivity index (χ4v) is 2.55. The molecule has 126 valence electrons. The Bertz CT molecular complexity index is 964. The van der Waals surface area contributed by atoms with Crippen LogP contribution in [-0.2, 0) is 0 Å². The summed E-state index contributed by atoms with van der Waals surface area (Å²) >= 11 is 0. The SMILES string of the molecule is COc1cc(/C=N\NC(=O)c2cc3ccccc3cc2O)ccc1C.